The molecule has 0 saturated heterocycles. The van der Waals surface area contributed by atoms with Crippen molar-refractivity contribution in [3.05, 3.63) is 53.1 Å². The summed E-state index contributed by atoms with van der Waals surface area (Å²) in [5.41, 5.74) is 1.65. The zero-order valence-corrected chi connectivity index (χ0v) is 14.6. The van der Waals surface area contributed by atoms with Crippen molar-refractivity contribution in [2.75, 3.05) is 7.05 Å². The molecule has 1 atom stereocenters. The molecule has 2 rings (SSSR count). The van der Waals surface area contributed by atoms with Crippen molar-refractivity contribution >= 4 is 11.9 Å². The number of carbonyl (C=O) groups is 2. The van der Waals surface area contributed by atoms with Crippen LogP contribution in [0.25, 0.3) is 0 Å². The van der Waals surface area contributed by atoms with E-state index in [1.165, 1.54) is 24.0 Å². The Labute approximate surface area is 146 Å². The molecule has 1 amide bonds. The standard InChI is InChI=1S/C18H22FN3O3/c1-4-6-15-10-16(21-20-15)18(24)25-12(2)17(23)22(3)11-13-7-5-8-14(19)9-13/h5,7-10,12H,4,6,11H2,1-3H3,(H,20,21). The minimum Gasteiger partial charge on any atom is -0.448 e. The molecule has 0 radical (unpaired) electrons. The summed E-state index contributed by atoms with van der Waals surface area (Å²) < 4.78 is 18.4. The first-order valence-corrected chi connectivity index (χ1v) is 8.15. The summed E-state index contributed by atoms with van der Waals surface area (Å²) in [6.45, 7) is 3.75. The normalized spacial score (nSPS) is 11.8. The largest absolute Gasteiger partial charge is 0.448 e. The van der Waals surface area contributed by atoms with Crippen molar-refractivity contribution in [1.82, 2.24) is 15.1 Å². The van der Waals surface area contributed by atoms with Gasteiger partial charge in [-0.2, -0.15) is 5.10 Å². The van der Waals surface area contributed by atoms with E-state index in [1.54, 1.807) is 25.2 Å². The first kappa shape index (κ1) is 18.6. The van der Waals surface area contributed by atoms with Gasteiger partial charge in [0.15, 0.2) is 11.8 Å². The van der Waals surface area contributed by atoms with E-state index in [-0.39, 0.29) is 24.0 Å². The topological polar surface area (TPSA) is 75.3 Å². The van der Waals surface area contributed by atoms with Crippen molar-refractivity contribution in [2.45, 2.75) is 39.3 Å². The molecule has 0 spiro atoms. The number of rotatable bonds is 7. The third kappa shape index (κ3) is 5.14. The number of amides is 1. The number of benzene rings is 1. The second-order valence-corrected chi connectivity index (χ2v) is 5.90. The van der Waals surface area contributed by atoms with Crippen molar-refractivity contribution in [3.63, 3.8) is 0 Å². The van der Waals surface area contributed by atoms with E-state index in [2.05, 4.69) is 10.2 Å². The maximum Gasteiger partial charge on any atom is 0.359 e. The van der Waals surface area contributed by atoms with Gasteiger partial charge in [-0.25, -0.2) is 9.18 Å². The lowest BCUT2D eigenvalue weighted by atomic mass is 10.2. The highest BCUT2D eigenvalue weighted by Crippen LogP contribution is 2.10. The molecule has 0 aliphatic heterocycles. The number of aryl methyl sites for hydroxylation is 1. The summed E-state index contributed by atoms with van der Waals surface area (Å²) in [6, 6.07) is 7.63. The minimum atomic E-state index is -0.961. The first-order chi connectivity index (χ1) is 11.9. The number of nitrogens with one attached hydrogen (secondary N) is 1. The molecular weight excluding hydrogens is 325 g/mol. The Balaban J connectivity index is 1.92. The number of aromatic amines is 1. The number of halogens is 1. The van der Waals surface area contributed by atoms with Crippen LogP contribution in [0.4, 0.5) is 4.39 Å². The summed E-state index contributed by atoms with van der Waals surface area (Å²) in [6.07, 6.45) is 0.749. The highest BCUT2D eigenvalue weighted by molar-refractivity contribution is 5.90. The van der Waals surface area contributed by atoms with Crippen LogP contribution in [0, 0.1) is 5.82 Å². The highest BCUT2D eigenvalue weighted by Gasteiger charge is 2.23. The van der Waals surface area contributed by atoms with Gasteiger partial charge < -0.3 is 9.64 Å². The molecule has 0 saturated carbocycles. The maximum absolute atomic E-state index is 13.2. The fraction of sp³-hybridized carbons (Fsp3) is 0.389. The molecule has 1 N–H and O–H groups in total. The smallest absolute Gasteiger partial charge is 0.359 e. The quantitative estimate of drug-likeness (QED) is 0.782. The van der Waals surface area contributed by atoms with Crippen molar-refractivity contribution in [1.29, 1.82) is 0 Å². The summed E-state index contributed by atoms with van der Waals surface area (Å²) >= 11 is 0. The molecule has 0 bridgehead atoms. The van der Waals surface area contributed by atoms with Gasteiger partial charge in [0, 0.05) is 19.3 Å². The Kier molecular flexibility index (Phi) is 6.27. The fourth-order valence-corrected chi connectivity index (χ4v) is 2.43. The molecule has 0 fully saturated rings. The van der Waals surface area contributed by atoms with E-state index in [9.17, 15) is 14.0 Å². The van der Waals surface area contributed by atoms with Gasteiger partial charge in [0.1, 0.15) is 5.82 Å². The van der Waals surface area contributed by atoms with Crippen LogP contribution in [-0.4, -0.2) is 40.1 Å². The number of hydrogen-bond donors (Lipinski definition) is 1. The van der Waals surface area contributed by atoms with Crippen LogP contribution in [0.15, 0.2) is 30.3 Å². The highest BCUT2D eigenvalue weighted by atomic mass is 19.1. The number of ether oxygens (including phenoxy) is 1. The van der Waals surface area contributed by atoms with Crippen molar-refractivity contribution in [3.8, 4) is 0 Å². The minimum absolute atomic E-state index is 0.149. The molecular formula is C18H22FN3O3. The summed E-state index contributed by atoms with van der Waals surface area (Å²) in [5, 5.41) is 6.67. The van der Waals surface area contributed by atoms with E-state index in [4.69, 9.17) is 4.74 Å². The molecule has 1 aromatic heterocycles. The Morgan fingerprint density at radius 3 is 2.80 bits per heavy atom. The van der Waals surface area contributed by atoms with Crippen LogP contribution in [0.5, 0.6) is 0 Å². The van der Waals surface area contributed by atoms with Gasteiger partial charge in [0.05, 0.1) is 0 Å². The summed E-state index contributed by atoms with van der Waals surface area (Å²) in [7, 11) is 1.57. The van der Waals surface area contributed by atoms with Gasteiger partial charge in [0.2, 0.25) is 0 Å². The Morgan fingerprint density at radius 2 is 2.12 bits per heavy atom. The van der Waals surface area contributed by atoms with E-state index in [1.807, 2.05) is 6.92 Å². The lowest BCUT2D eigenvalue weighted by Gasteiger charge is -2.21. The van der Waals surface area contributed by atoms with Crippen molar-refractivity contribution < 1.29 is 18.7 Å². The average molecular weight is 347 g/mol. The molecule has 25 heavy (non-hydrogen) atoms. The summed E-state index contributed by atoms with van der Waals surface area (Å²) in [5.74, 6) is -1.39. The van der Waals surface area contributed by atoms with Gasteiger partial charge >= 0.3 is 5.97 Å². The fourth-order valence-electron chi connectivity index (χ4n) is 2.43. The van der Waals surface area contributed by atoms with Crippen molar-refractivity contribution in [2.24, 2.45) is 0 Å². The number of hydrogen-bond acceptors (Lipinski definition) is 4. The van der Waals surface area contributed by atoms with Gasteiger partial charge in [0.25, 0.3) is 5.91 Å². The number of esters is 1. The van der Waals surface area contributed by atoms with Gasteiger partial charge in [-0.3, -0.25) is 9.89 Å². The molecule has 1 unspecified atom stereocenters. The molecule has 0 aliphatic carbocycles. The molecule has 7 heteroatoms. The molecule has 1 heterocycles. The number of carbonyl (C=O) groups excluding carboxylic acids is 2. The molecule has 134 valence electrons. The van der Waals surface area contributed by atoms with Crippen LogP contribution < -0.4 is 0 Å². The molecule has 1 aromatic carbocycles. The van der Waals surface area contributed by atoms with Crippen LogP contribution >= 0.6 is 0 Å². The second-order valence-electron chi connectivity index (χ2n) is 5.90. The zero-order valence-electron chi connectivity index (χ0n) is 14.6. The number of likely N-dealkylation sites (N-methyl/N-ethyl adjacent to an activating group) is 1. The van der Waals surface area contributed by atoms with E-state index in [0.717, 1.165) is 18.5 Å². The predicted octanol–water partition coefficient (Wildman–Crippen LogP) is 2.71. The third-order valence-corrected chi connectivity index (χ3v) is 3.68. The maximum atomic E-state index is 13.2. The average Bonchev–Trinajstić information content (AvgIpc) is 3.03. The monoisotopic (exact) mass is 347 g/mol. The number of aromatic nitrogens is 2. The Hall–Kier alpha value is -2.70. The summed E-state index contributed by atoms with van der Waals surface area (Å²) in [4.78, 5) is 25.8. The first-order valence-electron chi connectivity index (χ1n) is 8.15. The van der Waals surface area contributed by atoms with Crippen LogP contribution in [0.1, 0.15) is 42.0 Å². The predicted molar refractivity (Wildman–Crippen MR) is 90.3 cm³/mol. The Bertz CT molecular complexity index is 745. The lowest BCUT2D eigenvalue weighted by Crippen LogP contribution is -2.37. The zero-order chi connectivity index (χ0) is 18.4. The third-order valence-electron chi connectivity index (χ3n) is 3.68. The van der Waals surface area contributed by atoms with Gasteiger partial charge in [-0.1, -0.05) is 25.5 Å². The van der Waals surface area contributed by atoms with Crippen LogP contribution in [0.2, 0.25) is 0 Å². The second kappa shape index (κ2) is 8.41. The molecule has 6 nitrogen and oxygen atoms in total. The SMILES string of the molecule is CCCc1cc(C(=O)OC(C)C(=O)N(C)Cc2cccc(F)c2)n[nH]1. The lowest BCUT2D eigenvalue weighted by molar-refractivity contribution is -0.139. The molecule has 0 aliphatic rings. The van der Waals surface area contributed by atoms with Crippen LogP contribution in [-0.2, 0) is 22.5 Å². The Morgan fingerprint density at radius 1 is 1.36 bits per heavy atom. The number of H-pyrrole nitrogens is 1. The van der Waals surface area contributed by atoms with Gasteiger partial charge in [-0.05, 0) is 37.1 Å². The van der Waals surface area contributed by atoms with E-state index >= 15 is 0 Å². The molecule has 2 aromatic rings. The van der Waals surface area contributed by atoms with Gasteiger partial charge in [-0.15, -0.1) is 0 Å². The number of nitrogens with zero attached hydrogens (tertiary/aromatic N) is 2. The van der Waals surface area contributed by atoms with E-state index in [0.29, 0.717) is 5.56 Å². The van der Waals surface area contributed by atoms with E-state index < -0.39 is 12.1 Å². The van der Waals surface area contributed by atoms with Crippen LogP contribution in [0.3, 0.4) is 0 Å².